The maximum atomic E-state index is 12.4. The van der Waals surface area contributed by atoms with Gasteiger partial charge >= 0.3 is 6.09 Å². The number of amides is 1. The molecule has 1 aliphatic rings. The van der Waals surface area contributed by atoms with Crippen LogP contribution in [0.1, 0.15) is 19.8 Å². The number of carbonyl (C=O) groups is 2. The lowest BCUT2D eigenvalue weighted by atomic mass is 9.92. The van der Waals surface area contributed by atoms with Crippen LogP contribution in [0.3, 0.4) is 0 Å². The zero-order chi connectivity index (χ0) is 25.3. The van der Waals surface area contributed by atoms with Crippen LogP contribution < -0.4 is 4.90 Å². The molecule has 3 heterocycles. The third-order valence-electron chi connectivity index (χ3n) is 6.40. The third-order valence-corrected chi connectivity index (χ3v) is 6.40. The van der Waals surface area contributed by atoms with Crippen molar-refractivity contribution in [2.75, 3.05) is 25.0 Å². The number of nitro groups is 1. The summed E-state index contributed by atoms with van der Waals surface area (Å²) in [6.45, 7) is 3.04. The number of likely N-dealkylation sites (N-methyl/N-ethyl adjacent to an activating group) is 1. The van der Waals surface area contributed by atoms with Crippen molar-refractivity contribution in [2.24, 2.45) is 5.92 Å². The SMILES string of the molecule is C[C@@H]1CCN(C(=O)CC#N)C[C@@H]1N(C)c1nc(-c2ccc([N+](=O)[O-])cc2)nc2c1ccn2C(=O)O. The largest absolute Gasteiger partial charge is 0.464 e. The highest BCUT2D eigenvalue weighted by Gasteiger charge is 2.33. The van der Waals surface area contributed by atoms with Gasteiger partial charge in [0.05, 0.1) is 22.4 Å². The zero-order valence-corrected chi connectivity index (χ0v) is 19.2. The van der Waals surface area contributed by atoms with Gasteiger partial charge in [-0.25, -0.2) is 19.3 Å². The van der Waals surface area contributed by atoms with E-state index in [4.69, 9.17) is 10.2 Å². The van der Waals surface area contributed by atoms with Crippen LogP contribution in [0, 0.1) is 27.4 Å². The third kappa shape index (κ3) is 4.48. The Balaban J connectivity index is 1.79. The van der Waals surface area contributed by atoms with Crippen LogP contribution in [0.2, 0.25) is 0 Å². The molecule has 180 valence electrons. The molecule has 1 aliphatic heterocycles. The molecule has 0 aliphatic carbocycles. The molecule has 0 unspecified atom stereocenters. The number of rotatable bonds is 5. The molecule has 4 rings (SSSR count). The number of carbonyl (C=O) groups excluding carboxylic acids is 1. The second-order valence-electron chi connectivity index (χ2n) is 8.50. The molecule has 35 heavy (non-hydrogen) atoms. The molecule has 3 aromatic rings. The molecule has 1 fully saturated rings. The molecule has 0 saturated carbocycles. The fourth-order valence-corrected chi connectivity index (χ4v) is 4.40. The number of carboxylic acid groups (broad SMARTS) is 1. The van der Waals surface area contributed by atoms with Gasteiger partial charge in [0.1, 0.15) is 12.2 Å². The first kappa shape index (κ1) is 23.6. The minimum atomic E-state index is -1.21. The predicted octanol–water partition coefficient (Wildman–Crippen LogP) is 3.12. The number of piperidine rings is 1. The number of nitrogens with zero attached hydrogens (tertiary/aromatic N) is 7. The van der Waals surface area contributed by atoms with Gasteiger partial charge in [0.25, 0.3) is 5.69 Å². The van der Waals surface area contributed by atoms with Gasteiger partial charge < -0.3 is 14.9 Å². The number of hydrogen-bond donors (Lipinski definition) is 1. The number of likely N-dealkylation sites (tertiary alicyclic amines) is 1. The number of benzene rings is 1. The van der Waals surface area contributed by atoms with E-state index in [9.17, 15) is 24.8 Å². The fraction of sp³-hybridized carbons (Fsp3) is 0.348. The van der Waals surface area contributed by atoms with E-state index >= 15 is 0 Å². The molecular formula is C23H23N7O5. The van der Waals surface area contributed by atoms with Crippen molar-refractivity contribution in [1.29, 1.82) is 5.26 Å². The van der Waals surface area contributed by atoms with Gasteiger partial charge in [0.15, 0.2) is 11.5 Å². The monoisotopic (exact) mass is 477 g/mol. The molecular weight excluding hydrogens is 454 g/mol. The van der Waals surface area contributed by atoms with Crippen molar-refractivity contribution in [2.45, 2.75) is 25.8 Å². The van der Waals surface area contributed by atoms with E-state index in [1.807, 2.05) is 18.0 Å². The van der Waals surface area contributed by atoms with Crippen LogP contribution in [-0.2, 0) is 4.79 Å². The highest BCUT2D eigenvalue weighted by molar-refractivity contribution is 5.94. The van der Waals surface area contributed by atoms with E-state index in [-0.39, 0.29) is 41.4 Å². The first-order valence-corrected chi connectivity index (χ1v) is 11.0. The maximum Gasteiger partial charge on any atom is 0.417 e. The Bertz CT molecular complexity index is 1340. The van der Waals surface area contributed by atoms with E-state index in [2.05, 4.69) is 11.9 Å². The summed E-state index contributed by atoms with van der Waals surface area (Å²) in [5.74, 6) is 0.667. The Kier molecular flexibility index (Phi) is 6.33. The number of non-ortho nitro benzene ring substituents is 1. The topological polar surface area (TPSA) is 158 Å². The quantitative estimate of drug-likeness (QED) is 0.430. The predicted molar refractivity (Wildman–Crippen MR) is 126 cm³/mol. The standard InChI is InChI=1S/C23H23N7O5/c1-14-8-11-28(19(31)7-10-24)13-18(14)27(2)21-17-9-12-29(23(32)33)22(17)26-20(25-21)15-3-5-16(6-4-15)30(34)35/h3-6,9,12,14,18H,7-8,11,13H2,1-2H3,(H,32,33)/t14-,18+/m1/s1. The molecule has 0 bridgehead atoms. The summed E-state index contributed by atoms with van der Waals surface area (Å²) in [5.41, 5.74) is 0.593. The summed E-state index contributed by atoms with van der Waals surface area (Å²) >= 11 is 0. The van der Waals surface area contributed by atoms with Crippen LogP contribution in [-0.4, -0.2) is 67.6 Å². The van der Waals surface area contributed by atoms with Gasteiger partial charge in [0.2, 0.25) is 5.91 Å². The van der Waals surface area contributed by atoms with E-state index in [1.54, 1.807) is 11.0 Å². The van der Waals surface area contributed by atoms with Gasteiger partial charge in [-0.05, 0) is 30.5 Å². The minimum absolute atomic E-state index is 0.0840. The summed E-state index contributed by atoms with van der Waals surface area (Å²) < 4.78 is 0.996. The second kappa shape index (κ2) is 9.38. The molecule has 2 atom stereocenters. The zero-order valence-electron chi connectivity index (χ0n) is 19.2. The average molecular weight is 477 g/mol. The Morgan fingerprint density at radius 1 is 1.29 bits per heavy atom. The Morgan fingerprint density at radius 2 is 2.00 bits per heavy atom. The van der Waals surface area contributed by atoms with E-state index in [1.165, 1.54) is 30.5 Å². The first-order chi connectivity index (χ1) is 16.7. The lowest BCUT2D eigenvalue weighted by Crippen LogP contribution is -2.52. The van der Waals surface area contributed by atoms with Crippen LogP contribution in [0.4, 0.5) is 16.3 Å². The van der Waals surface area contributed by atoms with Crippen LogP contribution in [0.5, 0.6) is 0 Å². The molecule has 1 aromatic carbocycles. The van der Waals surface area contributed by atoms with Crippen LogP contribution in [0.25, 0.3) is 22.4 Å². The molecule has 0 radical (unpaired) electrons. The molecule has 1 amide bonds. The Morgan fingerprint density at radius 3 is 2.63 bits per heavy atom. The molecule has 12 nitrogen and oxygen atoms in total. The number of fused-ring (bicyclic) bond motifs is 1. The summed E-state index contributed by atoms with van der Waals surface area (Å²) in [6, 6.07) is 9.10. The Labute approximate surface area is 200 Å². The van der Waals surface area contributed by atoms with Crippen LogP contribution >= 0.6 is 0 Å². The average Bonchev–Trinajstić information content (AvgIpc) is 3.28. The second-order valence-corrected chi connectivity index (χ2v) is 8.50. The lowest BCUT2D eigenvalue weighted by Gasteiger charge is -2.42. The van der Waals surface area contributed by atoms with Crippen molar-refractivity contribution in [3.05, 3.63) is 46.6 Å². The number of aromatic nitrogens is 3. The summed E-state index contributed by atoms with van der Waals surface area (Å²) in [6.07, 6.45) is 0.743. The number of nitriles is 1. The van der Waals surface area contributed by atoms with Gasteiger partial charge in [0, 0.05) is 44.0 Å². The van der Waals surface area contributed by atoms with Gasteiger partial charge in [-0.15, -0.1) is 0 Å². The van der Waals surface area contributed by atoms with Gasteiger partial charge in [-0.1, -0.05) is 6.92 Å². The molecule has 12 heteroatoms. The van der Waals surface area contributed by atoms with Crippen molar-refractivity contribution in [1.82, 2.24) is 19.4 Å². The number of anilines is 1. The van der Waals surface area contributed by atoms with E-state index in [0.29, 0.717) is 29.9 Å². The molecule has 0 spiro atoms. The van der Waals surface area contributed by atoms with E-state index in [0.717, 1.165) is 11.0 Å². The maximum absolute atomic E-state index is 12.4. The van der Waals surface area contributed by atoms with Gasteiger partial charge in [-0.2, -0.15) is 5.26 Å². The summed E-state index contributed by atoms with van der Waals surface area (Å²) in [7, 11) is 1.83. The number of nitro benzene ring substituents is 1. The normalized spacial score (nSPS) is 17.7. The highest BCUT2D eigenvalue weighted by atomic mass is 16.6. The first-order valence-electron chi connectivity index (χ1n) is 11.0. The van der Waals surface area contributed by atoms with Crippen molar-refractivity contribution >= 4 is 34.5 Å². The minimum Gasteiger partial charge on any atom is -0.464 e. The molecule has 1 N–H and O–H groups in total. The van der Waals surface area contributed by atoms with E-state index < -0.39 is 11.0 Å². The van der Waals surface area contributed by atoms with Crippen molar-refractivity contribution in [3.8, 4) is 17.5 Å². The highest BCUT2D eigenvalue weighted by Crippen LogP contribution is 2.32. The van der Waals surface area contributed by atoms with Gasteiger partial charge in [-0.3, -0.25) is 14.9 Å². The van der Waals surface area contributed by atoms with Crippen LogP contribution in [0.15, 0.2) is 36.5 Å². The fourth-order valence-electron chi connectivity index (χ4n) is 4.40. The van der Waals surface area contributed by atoms with Crippen molar-refractivity contribution < 1.29 is 19.6 Å². The summed E-state index contributed by atoms with van der Waals surface area (Å²) in [5, 5.41) is 30.1. The van der Waals surface area contributed by atoms with Crippen molar-refractivity contribution in [3.63, 3.8) is 0 Å². The smallest absolute Gasteiger partial charge is 0.417 e. The Hall–Kier alpha value is -4.53. The molecule has 2 aromatic heterocycles. The lowest BCUT2D eigenvalue weighted by molar-refractivity contribution is -0.384. The summed E-state index contributed by atoms with van der Waals surface area (Å²) in [4.78, 5) is 47.4. The molecule has 1 saturated heterocycles. The number of hydrogen-bond acceptors (Lipinski definition) is 8.